The zero-order valence-electron chi connectivity index (χ0n) is 19.5. The van der Waals surface area contributed by atoms with Crippen LogP contribution < -0.4 is 16.6 Å². The molecule has 0 radical (unpaired) electrons. The molecule has 3 aromatic heterocycles. The van der Waals surface area contributed by atoms with Gasteiger partial charge in [0.1, 0.15) is 0 Å². The Balaban J connectivity index is 1.55. The predicted molar refractivity (Wildman–Crippen MR) is 135 cm³/mol. The second-order valence-corrected chi connectivity index (χ2v) is 10.3. The Kier molecular flexibility index (Phi) is 6.45. The maximum Gasteiger partial charge on any atom is 0.332 e. The number of fused-ring (bicyclic) bond motifs is 3. The normalized spacial score (nSPS) is 14.7. The molecular formula is C23H26ClN7O3S. The van der Waals surface area contributed by atoms with Crippen LogP contribution in [-0.2, 0) is 25.4 Å². The Bertz CT molecular complexity index is 1530. The Labute approximate surface area is 209 Å². The lowest BCUT2D eigenvalue weighted by atomic mass is 9.95. The standard InChI is InChI=1S/C23H26ClN7O3S/c1-28-19-18(20(33)29(2)23(28)34)30(12-14-8-10-15(24)11-9-14)21-26-27-22(31(19)21)35-13-17(32)25-16-6-4-3-5-7-16/h8-11,16H,3-7,12-13H2,1-2H3,(H,25,32). The summed E-state index contributed by atoms with van der Waals surface area (Å²) in [5, 5.41) is 12.8. The summed E-state index contributed by atoms with van der Waals surface area (Å²) in [5.74, 6) is 0.525. The van der Waals surface area contributed by atoms with E-state index in [1.165, 1.54) is 29.8 Å². The summed E-state index contributed by atoms with van der Waals surface area (Å²) in [7, 11) is 3.07. The van der Waals surface area contributed by atoms with E-state index in [1.54, 1.807) is 28.1 Å². The molecule has 0 aliphatic heterocycles. The first-order valence-electron chi connectivity index (χ1n) is 11.5. The molecule has 0 bridgehead atoms. The van der Waals surface area contributed by atoms with E-state index >= 15 is 0 Å². The highest BCUT2D eigenvalue weighted by Gasteiger charge is 2.24. The highest BCUT2D eigenvalue weighted by molar-refractivity contribution is 7.99. The smallest absolute Gasteiger partial charge is 0.332 e. The van der Waals surface area contributed by atoms with Crippen LogP contribution in [0.2, 0.25) is 5.02 Å². The lowest BCUT2D eigenvalue weighted by molar-refractivity contribution is -0.119. The van der Waals surface area contributed by atoms with Crippen LogP contribution in [0.25, 0.3) is 16.9 Å². The van der Waals surface area contributed by atoms with Gasteiger partial charge in [0.2, 0.25) is 11.7 Å². The van der Waals surface area contributed by atoms with E-state index in [1.807, 2.05) is 12.1 Å². The first kappa shape index (κ1) is 23.7. The molecule has 1 N–H and O–H groups in total. The Morgan fingerprint density at radius 1 is 1.09 bits per heavy atom. The molecule has 0 spiro atoms. The zero-order valence-corrected chi connectivity index (χ0v) is 21.1. The summed E-state index contributed by atoms with van der Waals surface area (Å²) in [5.41, 5.74) is 0.764. The van der Waals surface area contributed by atoms with Gasteiger partial charge >= 0.3 is 5.69 Å². The lowest BCUT2D eigenvalue weighted by Crippen LogP contribution is -2.38. The minimum absolute atomic E-state index is 0.0617. The second-order valence-electron chi connectivity index (χ2n) is 8.90. The number of hydrogen-bond donors (Lipinski definition) is 1. The first-order chi connectivity index (χ1) is 16.8. The van der Waals surface area contributed by atoms with Crippen LogP contribution in [-0.4, -0.2) is 46.0 Å². The Morgan fingerprint density at radius 2 is 1.80 bits per heavy atom. The maximum atomic E-state index is 13.2. The van der Waals surface area contributed by atoms with Gasteiger partial charge in [-0.1, -0.05) is 54.8 Å². The molecule has 1 aromatic carbocycles. The molecule has 3 heterocycles. The molecule has 1 saturated carbocycles. The van der Waals surface area contributed by atoms with Gasteiger partial charge < -0.3 is 5.32 Å². The number of thioether (sulfide) groups is 1. The topological polar surface area (TPSA) is 108 Å². The monoisotopic (exact) mass is 515 g/mol. The lowest BCUT2D eigenvalue weighted by Gasteiger charge is -2.22. The first-order valence-corrected chi connectivity index (χ1v) is 12.9. The fourth-order valence-corrected chi connectivity index (χ4v) is 5.56. The molecule has 1 aliphatic carbocycles. The van der Waals surface area contributed by atoms with E-state index in [4.69, 9.17) is 11.6 Å². The van der Waals surface area contributed by atoms with Gasteiger partial charge in [0.05, 0.1) is 12.3 Å². The summed E-state index contributed by atoms with van der Waals surface area (Å²) >= 11 is 7.27. The minimum Gasteiger partial charge on any atom is -0.353 e. The van der Waals surface area contributed by atoms with Crippen molar-refractivity contribution in [1.82, 2.24) is 33.6 Å². The zero-order chi connectivity index (χ0) is 24.7. The molecule has 0 atom stereocenters. The third-order valence-corrected chi connectivity index (χ3v) is 7.69. The molecule has 184 valence electrons. The molecule has 1 aliphatic rings. The van der Waals surface area contributed by atoms with E-state index in [9.17, 15) is 14.4 Å². The van der Waals surface area contributed by atoms with Crippen molar-refractivity contribution < 1.29 is 4.79 Å². The largest absolute Gasteiger partial charge is 0.353 e. The van der Waals surface area contributed by atoms with E-state index < -0.39 is 11.2 Å². The van der Waals surface area contributed by atoms with Crippen molar-refractivity contribution in [3.05, 3.63) is 55.7 Å². The van der Waals surface area contributed by atoms with Crippen molar-refractivity contribution in [2.45, 2.75) is 49.8 Å². The van der Waals surface area contributed by atoms with Gasteiger partial charge in [-0.2, -0.15) is 0 Å². The Hall–Kier alpha value is -3.05. The predicted octanol–water partition coefficient (Wildman–Crippen LogP) is 2.32. The molecule has 1 fully saturated rings. The van der Waals surface area contributed by atoms with Crippen LogP contribution in [0.15, 0.2) is 39.0 Å². The number of halogens is 1. The number of aromatic nitrogens is 6. The van der Waals surface area contributed by atoms with Crippen LogP contribution in [0.5, 0.6) is 0 Å². The van der Waals surface area contributed by atoms with Crippen LogP contribution in [0, 0.1) is 0 Å². The minimum atomic E-state index is -0.451. The van der Waals surface area contributed by atoms with E-state index in [-0.39, 0.29) is 17.7 Å². The van der Waals surface area contributed by atoms with E-state index in [2.05, 4.69) is 15.5 Å². The van der Waals surface area contributed by atoms with Gasteiger partial charge in [0.25, 0.3) is 5.56 Å². The van der Waals surface area contributed by atoms with Crippen molar-refractivity contribution >= 4 is 46.2 Å². The third-order valence-electron chi connectivity index (χ3n) is 6.51. The maximum absolute atomic E-state index is 13.2. The summed E-state index contributed by atoms with van der Waals surface area (Å²) in [4.78, 5) is 38.5. The fourth-order valence-electron chi connectivity index (χ4n) is 4.69. The third kappa shape index (κ3) is 4.38. The number of carbonyl (C=O) groups excluding carboxylic acids is 1. The summed E-state index contributed by atoms with van der Waals surface area (Å²) in [6.07, 6.45) is 5.51. The van der Waals surface area contributed by atoms with Gasteiger partial charge in [-0.15, -0.1) is 10.2 Å². The summed E-state index contributed by atoms with van der Waals surface area (Å²) in [6.45, 7) is 0.336. The van der Waals surface area contributed by atoms with Crippen LogP contribution >= 0.6 is 23.4 Å². The molecule has 0 saturated heterocycles. The second kappa shape index (κ2) is 9.54. The molecule has 10 nitrogen and oxygen atoms in total. The van der Waals surface area contributed by atoms with E-state index in [0.29, 0.717) is 33.7 Å². The van der Waals surface area contributed by atoms with Crippen molar-refractivity contribution in [2.75, 3.05) is 5.75 Å². The molecule has 0 unspecified atom stereocenters. The number of hydrogen-bond acceptors (Lipinski definition) is 6. The number of aryl methyl sites for hydroxylation is 1. The van der Waals surface area contributed by atoms with Gasteiger partial charge in [0, 0.05) is 25.2 Å². The number of benzene rings is 1. The molecule has 35 heavy (non-hydrogen) atoms. The van der Waals surface area contributed by atoms with Crippen LogP contribution in [0.1, 0.15) is 37.7 Å². The van der Waals surface area contributed by atoms with E-state index in [0.717, 1.165) is 35.8 Å². The van der Waals surface area contributed by atoms with Gasteiger partial charge in [-0.05, 0) is 30.5 Å². The quantitative estimate of drug-likeness (QED) is 0.395. The van der Waals surface area contributed by atoms with Crippen molar-refractivity contribution in [2.24, 2.45) is 14.1 Å². The van der Waals surface area contributed by atoms with Gasteiger partial charge in [-0.3, -0.25) is 23.3 Å². The number of amides is 1. The average molecular weight is 516 g/mol. The average Bonchev–Trinajstić information content (AvgIpc) is 3.41. The molecule has 5 rings (SSSR count). The van der Waals surface area contributed by atoms with Crippen LogP contribution in [0.3, 0.4) is 0 Å². The van der Waals surface area contributed by atoms with Crippen molar-refractivity contribution in [3.63, 3.8) is 0 Å². The number of carbonyl (C=O) groups is 1. The molecule has 1 amide bonds. The SMILES string of the molecule is Cn1c(=O)c2c(n(C)c1=O)n1c(SCC(=O)NC3CCCCC3)nnc1n2Cc1ccc(Cl)cc1. The van der Waals surface area contributed by atoms with Crippen LogP contribution in [0.4, 0.5) is 0 Å². The number of imidazole rings is 1. The fraction of sp³-hybridized carbons (Fsp3) is 0.435. The van der Waals surface area contributed by atoms with Gasteiger partial charge in [-0.25, -0.2) is 9.20 Å². The number of nitrogens with one attached hydrogen (secondary N) is 1. The summed E-state index contributed by atoms with van der Waals surface area (Å²) < 4.78 is 5.93. The highest BCUT2D eigenvalue weighted by atomic mass is 35.5. The number of rotatable bonds is 6. The highest BCUT2D eigenvalue weighted by Crippen LogP contribution is 2.25. The summed E-state index contributed by atoms with van der Waals surface area (Å²) in [6, 6.07) is 7.53. The molecular weight excluding hydrogens is 490 g/mol. The van der Waals surface area contributed by atoms with Crippen molar-refractivity contribution in [1.29, 1.82) is 0 Å². The molecule has 4 aromatic rings. The van der Waals surface area contributed by atoms with Crippen molar-refractivity contribution in [3.8, 4) is 0 Å². The number of nitrogens with zero attached hydrogens (tertiary/aromatic N) is 6. The van der Waals surface area contributed by atoms with Gasteiger partial charge in [0.15, 0.2) is 16.3 Å². The Morgan fingerprint density at radius 3 is 2.51 bits per heavy atom. The molecule has 12 heteroatoms.